The number of amides is 1. The molecular weight excluding hydrogens is 396 g/mol. The zero-order chi connectivity index (χ0) is 22.1. The number of alkyl halides is 1. The van der Waals surface area contributed by atoms with Crippen LogP contribution in [-0.2, 0) is 4.79 Å². The highest BCUT2D eigenvalue weighted by atomic mass is 35.5. The van der Waals surface area contributed by atoms with Gasteiger partial charge in [-0.2, -0.15) is 0 Å². The highest BCUT2D eigenvalue weighted by Crippen LogP contribution is 2.32. The molecule has 0 atom stereocenters. The number of carbonyl (C=O) groups excluding carboxylic acids is 1. The Morgan fingerprint density at radius 1 is 1.13 bits per heavy atom. The van der Waals surface area contributed by atoms with Crippen molar-refractivity contribution in [2.45, 2.75) is 47.5 Å². The van der Waals surface area contributed by atoms with Crippen LogP contribution < -0.4 is 4.90 Å². The summed E-state index contributed by atoms with van der Waals surface area (Å²) in [5, 5.41) is 0. The molecule has 1 aliphatic heterocycles. The van der Waals surface area contributed by atoms with Crippen LogP contribution in [0.2, 0.25) is 0 Å². The summed E-state index contributed by atoms with van der Waals surface area (Å²) in [6.07, 6.45) is 0. The first-order valence-electron chi connectivity index (χ1n) is 10.7. The Bertz CT molecular complexity index is 917. The normalized spacial score (nSPS) is 15.1. The largest absolute Gasteiger partial charge is 0.353 e. The first-order chi connectivity index (χ1) is 14.1. The Labute approximate surface area is 185 Å². The number of anilines is 1. The SMILES string of the molecule is Cc1cccc(-c2nc(C)c(C(C)C)c(N3CCN(C(=O)C(C)(C)CCl)CC3)n2)c1. The van der Waals surface area contributed by atoms with Gasteiger partial charge in [-0.3, -0.25) is 4.79 Å². The molecule has 3 rings (SSSR count). The fourth-order valence-corrected chi connectivity index (χ4v) is 4.12. The Hall–Kier alpha value is -2.14. The fourth-order valence-electron chi connectivity index (χ4n) is 4.00. The summed E-state index contributed by atoms with van der Waals surface area (Å²) in [6.45, 7) is 15.2. The molecule has 2 aromatic rings. The van der Waals surface area contributed by atoms with Gasteiger partial charge >= 0.3 is 0 Å². The predicted octanol–water partition coefficient (Wildman–Crippen LogP) is 4.80. The van der Waals surface area contributed by atoms with Gasteiger partial charge in [0.15, 0.2) is 5.82 Å². The number of hydrogen-bond acceptors (Lipinski definition) is 4. The van der Waals surface area contributed by atoms with Crippen molar-refractivity contribution in [3.05, 3.63) is 41.1 Å². The van der Waals surface area contributed by atoms with Crippen molar-refractivity contribution < 1.29 is 4.79 Å². The van der Waals surface area contributed by atoms with Crippen molar-refractivity contribution in [1.82, 2.24) is 14.9 Å². The van der Waals surface area contributed by atoms with Crippen LogP contribution in [0.15, 0.2) is 24.3 Å². The van der Waals surface area contributed by atoms with Gasteiger partial charge < -0.3 is 9.80 Å². The number of halogens is 1. The van der Waals surface area contributed by atoms with Crippen LogP contribution >= 0.6 is 11.6 Å². The minimum atomic E-state index is -0.531. The number of aryl methyl sites for hydroxylation is 2. The molecule has 1 aliphatic rings. The monoisotopic (exact) mass is 428 g/mol. The van der Waals surface area contributed by atoms with E-state index in [9.17, 15) is 4.79 Å². The van der Waals surface area contributed by atoms with Gasteiger partial charge in [0, 0.05) is 48.9 Å². The molecule has 1 amide bonds. The summed E-state index contributed by atoms with van der Waals surface area (Å²) in [4.78, 5) is 26.9. The molecule has 1 saturated heterocycles. The highest BCUT2D eigenvalue weighted by Gasteiger charge is 2.33. The number of piperazine rings is 1. The molecular formula is C24H33ClN4O. The zero-order valence-corrected chi connectivity index (χ0v) is 19.8. The van der Waals surface area contributed by atoms with E-state index < -0.39 is 5.41 Å². The smallest absolute Gasteiger partial charge is 0.229 e. The van der Waals surface area contributed by atoms with Gasteiger partial charge in [0.25, 0.3) is 0 Å². The van der Waals surface area contributed by atoms with E-state index in [1.165, 1.54) is 11.1 Å². The van der Waals surface area contributed by atoms with E-state index in [-0.39, 0.29) is 5.91 Å². The van der Waals surface area contributed by atoms with Crippen molar-refractivity contribution in [2.75, 3.05) is 37.0 Å². The highest BCUT2D eigenvalue weighted by molar-refractivity contribution is 6.19. The number of carbonyl (C=O) groups is 1. The van der Waals surface area contributed by atoms with Crippen molar-refractivity contribution in [2.24, 2.45) is 5.41 Å². The molecule has 0 unspecified atom stereocenters. The van der Waals surface area contributed by atoms with E-state index >= 15 is 0 Å². The summed E-state index contributed by atoms with van der Waals surface area (Å²) in [5.74, 6) is 2.53. The molecule has 1 aromatic heterocycles. The Kier molecular flexibility index (Phi) is 6.71. The quantitative estimate of drug-likeness (QED) is 0.642. The first-order valence-corrected chi connectivity index (χ1v) is 11.2. The second-order valence-electron chi connectivity index (χ2n) is 9.19. The van der Waals surface area contributed by atoms with E-state index in [0.717, 1.165) is 36.0 Å². The maximum Gasteiger partial charge on any atom is 0.229 e. The molecule has 2 heterocycles. The number of aromatic nitrogens is 2. The number of rotatable bonds is 5. The standard InChI is InChI=1S/C24H33ClN4O/c1-16(2)20-18(4)26-21(19-9-7-8-17(3)14-19)27-22(20)28-10-12-29(13-11-28)23(30)24(5,6)15-25/h7-9,14,16H,10-13,15H2,1-6H3. The summed E-state index contributed by atoms with van der Waals surface area (Å²) in [5.41, 5.74) is 3.90. The van der Waals surface area contributed by atoms with E-state index in [2.05, 4.69) is 50.8 Å². The Morgan fingerprint density at radius 2 is 1.80 bits per heavy atom. The lowest BCUT2D eigenvalue weighted by atomic mass is 9.94. The minimum absolute atomic E-state index is 0.126. The Balaban J connectivity index is 1.91. The number of hydrogen-bond donors (Lipinski definition) is 0. The fraction of sp³-hybridized carbons (Fsp3) is 0.542. The van der Waals surface area contributed by atoms with E-state index in [1.807, 2.05) is 24.8 Å². The van der Waals surface area contributed by atoms with Gasteiger partial charge in [-0.1, -0.05) is 37.6 Å². The maximum absolute atomic E-state index is 12.8. The van der Waals surface area contributed by atoms with Gasteiger partial charge in [0.05, 0.1) is 5.41 Å². The molecule has 1 aromatic carbocycles. The molecule has 0 spiro atoms. The predicted molar refractivity (Wildman–Crippen MR) is 124 cm³/mol. The molecule has 30 heavy (non-hydrogen) atoms. The van der Waals surface area contributed by atoms with E-state index in [4.69, 9.17) is 21.6 Å². The Morgan fingerprint density at radius 3 is 2.37 bits per heavy atom. The molecule has 0 saturated carbocycles. The van der Waals surface area contributed by atoms with Crippen LogP contribution in [0.1, 0.15) is 50.4 Å². The van der Waals surface area contributed by atoms with Crippen molar-refractivity contribution in [3.63, 3.8) is 0 Å². The van der Waals surface area contributed by atoms with Gasteiger partial charge in [-0.05, 0) is 39.7 Å². The van der Waals surface area contributed by atoms with Crippen LogP contribution in [0.5, 0.6) is 0 Å². The number of nitrogens with zero attached hydrogens (tertiary/aromatic N) is 4. The third-order valence-corrected chi connectivity index (χ3v) is 6.42. The van der Waals surface area contributed by atoms with Crippen LogP contribution in [0.3, 0.4) is 0 Å². The molecule has 0 bridgehead atoms. The van der Waals surface area contributed by atoms with Crippen LogP contribution in [-0.4, -0.2) is 52.8 Å². The zero-order valence-electron chi connectivity index (χ0n) is 19.0. The van der Waals surface area contributed by atoms with Crippen LogP contribution in [0.25, 0.3) is 11.4 Å². The first kappa shape index (κ1) is 22.5. The van der Waals surface area contributed by atoms with E-state index in [0.29, 0.717) is 24.9 Å². The third kappa shape index (κ3) is 4.61. The molecule has 0 radical (unpaired) electrons. The molecule has 1 fully saturated rings. The lowest BCUT2D eigenvalue weighted by Crippen LogP contribution is -2.53. The molecule has 162 valence electrons. The van der Waals surface area contributed by atoms with Crippen molar-refractivity contribution >= 4 is 23.3 Å². The van der Waals surface area contributed by atoms with Crippen molar-refractivity contribution in [3.8, 4) is 11.4 Å². The topological polar surface area (TPSA) is 49.3 Å². The van der Waals surface area contributed by atoms with Crippen LogP contribution in [0.4, 0.5) is 5.82 Å². The minimum Gasteiger partial charge on any atom is -0.353 e. The van der Waals surface area contributed by atoms with Gasteiger partial charge in [-0.25, -0.2) is 9.97 Å². The average molecular weight is 429 g/mol. The van der Waals surface area contributed by atoms with Crippen molar-refractivity contribution in [1.29, 1.82) is 0 Å². The van der Waals surface area contributed by atoms with Gasteiger partial charge in [0.2, 0.25) is 5.91 Å². The lowest BCUT2D eigenvalue weighted by molar-refractivity contribution is -0.139. The van der Waals surface area contributed by atoms with Crippen LogP contribution in [0, 0.1) is 19.3 Å². The second-order valence-corrected chi connectivity index (χ2v) is 9.46. The van der Waals surface area contributed by atoms with Gasteiger partial charge in [-0.15, -0.1) is 11.6 Å². The molecule has 6 heteroatoms. The van der Waals surface area contributed by atoms with Gasteiger partial charge in [0.1, 0.15) is 5.82 Å². The maximum atomic E-state index is 12.8. The molecule has 0 N–H and O–H groups in total. The molecule has 0 aliphatic carbocycles. The number of benzene rings is 1. The summed E-state index contributed by atoms with van der Waals surface area (Å²) >= 11 is 6.02. The lowest BCUT2D eigenvalue weighted by Gasteiger charge is -2.39. The summed E-state index contributed by atoms with van der Waals surface area (Å²) in [6, 6.07) is 8.31. The summed E-state index contributed by atoms with van der Waals surface area (Å²) < 4.78 is 0. The average Bonchev–Trinajstić information content (AvgIpc) is 2.72. The second kappa shape index (κ2) is 8.93. The summed E-state index contributed by atoms with van der Waals surface area (Å²) in [7, 11) is 0. The van der Waals surface area contributed by atoms with E-state index in [1.54, 1.807) is 0 Å². The molecule has 5 nitrogen and oxygen atoms in total. The third-order valence-electron chi connectivity index (χ3n) is 5.75.